The topological polar surface area (TPSA) is 46.2 Å². The Morgan fingerprint density at radius 2 is 1.86 bits per heavy atom. The molecule has 0 saturated carbocycles. The van der Waals surface area contributed by atoms with Crippen LogP contribution in [0.4, 0.5) is 5.69 Å². The molecule has 4 heteroatoms. The Hall–Kier alpha value is -1.16. The molecule has 1 aliphatic heterocycles. The molecule has 72 valence electrons. The first-order chi connectivity index (χ1) is 6.52. The van der Waals surface area contributed by atoms with E-state index in [2.05, 4.69) is 21.2 Å². The van der Waals surface area contributed by atoms with E-state index in [0.29, 0.717) is 11.3 Å². The van der Waals surface area contributed by atoms with Gasteiger partial charge in [-0.15, -0.1) is 0 Å². The number of benzene rings is 1. The molecule has 0 aliphatic carbocycles. The van der Waals surface area contributed by atoms with Crippen molar-refractivity contribution in [3.8, 4) is 0 Å². The molecule has 3 nitrogen and oxygen atoms in total. The summed E-state index contributed by atoms with van der Waals surface area (Å²) >= 11 is 3.36. The van der Waals surface area contributed by atoms with Crippen molar-refractivity contribution in [2.75, 3.05) is 5.32 Å². The Kier molecular flexibility index (Phi) is 1.96. The van der Waals surface area contributed by atoms with Crippen LogP contribution in [0.3, 0.4) is 0 Å². The predicted molar refractivity (Wildman–Crippen MR) is 56.6 cm³/mol. The van der Waals surface area contributed by atoms with Gasteiger partial charge in [0.2, 0.25) is 0 Å². The standard InChI is InChI=1S/C10H8BrNO2/c1-4-5(2)8-6(3-7(4)11)9(13)10(14)12-8/h3H,1-2H3,(H,12,13,14). The van der Waals surface area contributed by atoms with Crippen LogP contribution >= 0.6 is 15.9 Å². The summed E-state index contributed by atoms with van der Waals surface area (Å²) in [5.74, 6) is -0.996. The molecule has 0 atom stereocenters. The van der Waals surface area contributed by atoms with Gasteiger partial charge in [0.1, 0.15) is 0 Å². The van der Waals surface area contributed by atoms with E-state index in [0.717, 1.165) is 15.6 Å². The lowest BCUT2D eigenvalue weighted by atomic mass is 10.0. The van der Waals surface area contributed by atoms with Crippen molar-refractivity contribution in [2.24, 2.45) is 0 Å². The molecular formula is C10H8BrNO2. The Morgan fingerprint density at radius 3 is 2.50 bits per heavy atom. The molecule has 1 N–H and O–H groups in total. The highest BCUT2D eigenvalue weighted by molar-refractivity contribution is 9.10. The van der Waals surface area contributed by atoms with Gasteiger partial charge in [0, 0.05) is 4.47 Å². The number of halogens is 1. The van der Waals surface area contributed by atoms with E-state index in [1.165, 1.54) is 0 Å². The van der Waals surface area contributed by atoms with Gasteiger partial charge >= 0.3 is 0 Å². The Balaban J connectivity index is 2.76. The molecule has 0 aromatic heterocycles. The first-order valence-corrected chi connectivity index (χ1v) is 4.97. The molecule has 14 heavy (non-hydrogen) atoms. The van der Waals surface area contributed by atoms with Gasteiger partial charge in [-0.1, -0.05) is 15.9 Å². The number of amides is 1. The lowest BCUT2D eigenvalue weighted by molar-refractivity contribution is -0.112. The summed E-state index contributed by atoms with van der Waals surface area (Å²) in [7, 11) is 0. The Bertz CT molecular complexity index is 466. The lowest BCUT2D eigenvalue weighted by Crippen LogP contribution is -2.12. The van der Waals surface area contributed by atoms with Crippen molar-refractivity contribution in [2.45, 2.75) is 13.8 Å². The van der Waals surface area contributed by atoms with E-state index in [9.17, 15) is 9.59 Å². The number of Topliss-reactive ketones (excluding diaryl/α,β-unsaturated/α-hetero) is 1. The average Bonchev–Trinajstić information content (AvgIpc) is 2.42. The summed E-state index contributed by atoms with van der Waals surface area (Å²) in [6.45, 7) is 3.83. The third kappa shape index (κ3) is 1.10. The van der Waals surface area contributed by atoms with Gasteiger partial charge in [-0.05, 0) is 31.0 Å². The molecule has 0 saturated heterocycles. The van der Waals surface area contributed by atoms with Crippen molar-refractivity contribution in [3.63, 3.8) is 0 Å². The molecule has 1 heterocycles. The van der Waals surface area contributed by atoms with E-state index in [-0.39, 0.29) is 0 Å². The molecule has 2 rings (SSSR count). The quantitative estimate of drug-likeness (QED) is 0.721. The normalized spacial score (nSPS) is 14.2. The van der Waals surface area contributed by atoms with Gasteiger partial charge in [0.25, 0.3) is 11.7 Å². The van der Waals surface area contributed by atoms with E-state index < -0.39 is 11.7 Å². The van der Waals surface area contributed by atoms with Crippen LogP contribution in [0.1, 0.15) is 21.5 Å². The Labute approximate surface area is 89.6 Å². The Morgan fingerprint density at radius 1 is 1.21 bits per heavy atom. The second-order valence-corrected chi connectivity index (χ2v) is 4.17. The highest BCUT2D eigenvalue weighted by Gasteiger charge is 2.30. The number of hydrogen-bond acceptors (Lipinski definition) is 2. The molecule has 0 fully saturated rings. The maximum absolute atomic E-state index is 11.4. The summed E-state index contributed by atoms with van der Waals surface area (Å²) in [5.41, 5.74) is 3.10. The van der Waals surface area contributed by atoms with E-state index >= 15 is 0 Å². The third-order valence-corrected chi connectivity index (χ3v) is 3.35. The highest BCUT2D eigenvalue weighted by atomic mass is 79.9. The van der Waals surface area contributed by atoms with Gasteiger partial charge in [-0.25, -0.2) is 0 Å². The maximum atomic E-state index is 11.4. The summed E-state index contributed by atoms with van der Waals surface area (Å²) in [6, 6.07) is 1.69. The highest BCUT2D eigenvalue weighted by Crippen LogP contribution is 2.33. The van der Waals surface area contributed by atoms with Crippen LogP contribution in [0, 0.1) is 13.8 Å². The van der Waals surface area contributed by atoms with E-state index in [1.54, 1.807) is 6.07 Å². The van der Waals surface area contributed by atoms with Gasteiger partial charge in [-0.3, -0.25) is 9.59 Å². The number of carbonyl (C=O) groups excluding carboxylic acids is 2. The molecular weight excluding hydrogens is 246 g/mol. The smallest absolute Gasteiger partial charge is 0.296 e. The van der Waals surface area contributed by atoms with Crippen molar-refractivity contribution < 1.29 is 9.59 Å². The van der Waals surface area contributed by atoms with Crippen molar-refractivity contribution >= 4 is 33.3 Å². The predicted octanol–water partition coefficient (Wildman–Crippen LogP) is 2.20. The fourth-order valence-electron chi connectivity index (χ4n) is 1.51. The van der Waals surface area contributed by atoms with Crippen LogP contribution in [-0.2, 0) is 4.79 Å². The summed E-state index contributed by atoms with van der Waals surface area (Å²) in [5, 5.41) is 2.57. The zero-order chi connectivity index (χ0) is 10.5. The van der Waals surface area contributed by atoms with E-state index in [1.807, 2.05) is 13.8 Å². The zero-order valence-corrected chi connectivity index (χ0v) is 9.36. The first kappa shape index (κ1) is 9.40. The molecule has 0 unspecified atom stereocenters. The van der Waals surface area contributed by atoms with Crippen LogP contribution < -0.4 is 5.32 Å². The second kappa shape index (κ2) is 2.92. The average molecular weight is 254 g/mol. The fourth-order valence-corrected chi connectivity index (χ4v) is 2.03. The number of fused-ring (bicyclic) bond motifs is 1. The van der Waals surface area contributed by atoms with Crippen molar-refractivity contribution in [1.82, 2.24) is 0 Å². The molecule has 1 aliphatic rings. The van der Waals surface area contributed by atoms with Crippen LogP contribution in [0.5, 0.6) is 0 Å². The van der Waals surface area contributed by atoms with Crippen LogP contribution in [0.15, 0.2) is 10.5 Å². The summed E-state index contributed by atoms with van der Waals surface area (Å²) in [6.07, 6.45) is 0. The number of carbonyl (C=O) groups is 2. The van der Waals surface area contributed by atoms with Crippen molar-refractivity contribution in [3.05, 3.63) is 27.2 Å². The molecule has 0 spiro atoms. The van der Waals surface area contributed by atoms with Gasteiger partial charge < -0.3 is 5.32 Å². The molecule has 1 aromatic carbocycles. The number of hydrogen-bond donors (Lipinski definition) is 1. The lowest BCUT2D eigenvalue weighted by Gasteiger charge is -2.07. The SMILES string of the molecule is Cc1c(Br)cc2c(c1C)NC(=O)C2=O. The monoisotopic (exact) mass is 253 g/mol. The molecule has 0 bridgehead atoms. The number of anilines is 1. The first-order valence-electron chi connectivity index (χ1n) is 4.17. The molecule has 1 amide bonds. The molecule has 1 aromatic rings. The third-order valence-electron chi connectivity index (χ3n) is 2.53. The number of rotatable bonds is 0. The van der Waals surface area contributed by atoms with Crippen LogP contribution in [0.2, 0.25) is 0 Å². The minimum absolute atomic E-state index is 0.455. The zero-order valence-electron chi connectivity index (χ0n) is 7.77. The van der Waals surface area contributed by atoms with Crippen molar-refractivity contribution in [1.29, 1.82) is 0 Å². The minimum atomic E-state index is -0.541. The van der Waals surface area contributed by atoms with Gasteiger partial charge in [-0.2, -0.15) is 0 Å². The minimum Gasteiger partial charge on any atom is -0.318 e. The molecule has 0 radical (unpaired) electrons. The van der Waals surface area contributed by atoms with Gasteiger partial charge in [0.05, 0.1) is 11.3 Å². The second-order valence-electron chi connectivity index (χ2n) is 3.31. The van der Waals surface area contributed by atoms with E-state index in [4.69, 9.17) is 0 Å². The van der Waals surface area contributed by atoms with Gasteiger partial charge in [0.15, 0.2) is 0 Å². The number of nitrogens with one attached hydrogen (secondary N) is 1. The largest absolute Gasteiger partial charge is 0.318 e. The summed E-state index contributed by atoms with van der Waals surface area (Å²) in [4.78, 5) is 22.5. The maximum Gasteiger partial charge on any atom is 0.296 e. The van der Waals surface area contributed by atoms with Crippen LogP contribution in [-0.4, -0.2) is 11.7 Å². The fraction of sp³-hybridized carbons (Fsp3) is 0.200. The number of ketones is 1. The summed E-state index contributed by atoms with van der Waals surface area (Å²) < 4.78 is 0.860. The van der Waals surface area contributed by atoms with Crippen LogP contribution in [0.25, 0.3) is 0 Å².